The summed E-state index contributed by atoms with van der Waals surface area (Å²) in [7, 11) is 0. The van der Waals surface area contributed by atoms with Crippen LogP contribution in [0.1, 0.15) is 13.8 Å². The molecule has 1 rings (SSSR count). The van der Waals surface area contributed by atoms with Crippen LogP contribution < -0.4 is 4.90 Å². The monoisotopic (exact) mass is 228 g/mol. The van der Waals surface area contributed by atoms with Crippen LogP contribution in [0.25, 0.3) is 0 Å². The highest BCUT2D eigenvalue weighted by Gasteiger charge is 2.24. The van der Waals surface area contributed by atoms with Crippen molar-refractivity contribution in [1.82, 2.24) is 10.2 Å². The molecule has 8 nitrogen and oxygen atoms in total. The van der Waals surface area contributed by atoms with Crippen LogP contribution in [0.5, 0.6) is 0 Å². The third kappa shape index (κ3) is 2.47. The zero-order valence-electron chi connectivity index (χ0n) is 8.88. The number of carbonyl (C=O) groups is 1. The summed E-state index contributed by atoms with van der Waals surface area (Å²) in [6.07, 6.45) is 1.25. The van der Waals surface area contributed by atoms with E-state index in [-0.39, 0.29) is 24.1 Å². The van der Waals surface area contributed by atoms with Gasteiger partial charge in [-0.2, -0.15) is 0 Å². The summed E-state index contributed by atoms with van der Waals surface area (Å²) in [5.74, 6) is -1.35. The number of aromatic nitrogens is 2. The number of nitro groups is 1. The highest BCUT2D eigenvalue weighted by atomic mass is 16.6. The van der Waals surface area contributed by atoms with E-state index in [0.29, 0.717) is 0 Å². The quantitative estimate of drug-likeness (QED) is 0.564. The maximum atomic E-state index is 10.7. The van der Waals surface area contributed by atoms with Crippen LogP contribution in [0.2, 0.25) is 0 Å². The fourth-order valence-corrected chi connectivity index (χ4v) is 1.31. The summed E-state index contributed by atoms with van der Waals surface area (Å²) in [6.45, 7) is 3.19. The summed E-state index contributed by atoms with van der Waals surface area (Å²) in [6, 6.07) is -0.174. The third-order valence-corrected chi connectivity index (χ3v) is 2.02. The lowest BCUT2D eigenvalue weighted by Crippen LogP contribution is -2.35. The van der Waals surface area contributed by atoms with E-state index in [4.69, 9.17) is 5.11 Å². The lowest BCUT2D eigenvalue weighted by Gasteiger charge is -2.24. The highest BCUT2D eigenvalue weighted by molar-refractivity contribution is 5.75. The summed E-state index contributed by atoms with van der Waals surface area (Å²) in [4.78, 5) is 22.1. The van der Waals surface area contributed by atoms with Gasteiger partial charge in [0.15, 0.2) is 5.69 Å². The van der Waals surface area contributed by atoms with Crippen molar-refractivity contribution in [3.05, 3.63) is 16.3 Å². The van der Waals surface area contributed by atoms with Crippen LogP contribution in [0.3, 0.4) is 0 Å². The molecule has 0 saturated carbocycles. The Morgan fingerprint density at radius 2 is 2.38 bits per heavy atom. The van der Waals surface area contributed by atoms with Gasteiger partial charge in [0.05, 0.1) is 0 Å². The number of nitrogens with one attached hydrogen (secondary N) is 1. The van der Waals surface area contributed by atoms with Gasteiger partial charge in [0.1, 0.15) is 12.7 Å². The van der Waals surface area contributed by atoms with Gasteiger partial charge in [0.25, 0.3) is 0 Å². The smallest absolute Gasteiger partial charge is 0.366 e. The average molecular weight is 228 g/mol. The number of aliphatic carboxylic acids is 1. The maximum Gasteiger partial charge on any atom is 0.366 e. The number of hydrogen-bond donors (Lipinski definition) is 2. The molecule has 0 unspecified atom stereocenters. The van der Waals surface area contributed by atoms with E-state index in [1.165, 1.54) is 11.1 Å². The first-order valence-electron chi connectivity index (χ1n) is 4.59. The fourth-order valence-electron chi connectivity index (χ4n) is 1.31. The first-order chi connectivity index (χ1) is 7.43. The molecule has 88 valence electrons. The van der Waals surface area contributed by atoms with Gasteiger partial charge in [-0.05, 0) is 18.8 Å². The van der Waals surface area contributed by atoms with Crippen molar-refractivity contribution in [3.8, 4) is 0 Å². The van der Waals surface area contributed by atoms with Crippen LogP contribution in [0.4, 0.5) is 11.5 Å². The zero-order valence-corrected chi connectivity index (χ0v) is 8.88. The summed E-state index contributed by atoms with van der Waals surface area (Å²) in [5, 5.41) is 25.2. The molecule has 0 radical (unpaired) electrons. The molecule has 0 spiro atoms. The van der Waals surface area contributed by atoms with Crippen molar-refractivity contribution < 1.29 is 14.8 Å². The molecule has 0 fully saturated rings. The molecule has 0 bridgehead atoms. The van der Waals surface area contributed by atoms with Gasteiger partial charge >= 0.3 is 11.8 Å². The van der Waals surface area contributed by atoms with Gasteiger partial charge < -0.3 is 20.1 Å². The van der Waals surface area contributed by atoms with Crippen molar-refractivity contribution in [2.75, 3.05) is 11.4 Å². The van der Waals surface area contributed by atoms with E-state index < -0.39 is 10.9 Å². The van der Waals surface area contributed by atoms with E-state index in [0.717, 1.165) is 0 Å². The minimum Gasteiger partial charge on any atom is -0.480 e. The van der Waals surface area contributed by atoms with Gasteiger partial charge in [-0.25, -0.2) is 0 Å². The Kier molecular flexibility index (Phi) is 3.44. The maximum absolute atomic E-state index is 10.7. The van der Waals surface area contributed by atoms with Gasteiger partial charge in [-0.3, -0.25) is 4.79 Å². The fraction of sp³-hybridized carbons (Fsp3) is 0.500. The Bertz CT molecular complexity index is 400. The molecular weight excluding hydrogens is 216 g/mol. The van der Waals surface area contributed by atoms with Crippen LogP contribution in [0, 0.1) is 10.1 Å². The molecule has 1 heterocycles. The van der Waals surface area contributed by atoms with Gasteiger partial charge in [0, 0.05) is 6.04 Å². The Balaban J connectivity index is 3.05. The molecule has 0 aliphatic heterocycles. The molecular formula is C8H12N4O4. The number of anilines is 1. The van der Waals surface area contributed by atoms with Gasteiger partial charge in [-0.1, -0.05) is 5.10 Å². The van der Waals surface area contributed by atoms with E-state index in [9.17, 15) is 14.9 Å². The molecule has 0 aliphatic rings. The molecule has 0 atom stereocenters. The Morgan fingerprint density at radius 1 is 1.75 bits per heavy atom. The number of H-pyrrole nitrogens is 1. The summed E-state index contributed by atoms with van der Waals surface area (Å²) in [5.41, 5.74) is 0.183. The van der Waals surface area contributed by atoms with E-state index >= 15 is 0 Å². The van der Waals surface area contributed by atoms with Crippen LogP contribution in [-0.2, 0) is 4.79 Å². The predicted octanol–water partition coefficient (Wildman–Crippen LogP) is 0.617. The minimum atomic E-state index is -1.05. The number of aromatic amines is 1. The highest BCUT2D eigenvalue weighted by Crippen LogP contribution is 2.26. The second-order valence-electron chi connectivity index (χ2n) is 3.48. The van der Waals surface area contributed by atoms with Gasteiger partial charge in [-0.15, -0.1) is 5.10 Å². The number of carboxylic acids is 1. The van der Waals surface area contributed by atoms with E-state index in [1.54, 1.807) is 13.8 Å². The molecule has 0 aromatic carbocycles. The van der Waals surface area contributed by atoms with Crippen LogP contribution in [0.15, 0.2) is 6.20 Å². The Hall–Kier alpha value is -2.12. The normalized spacial score (nSPS) is 10.4. The van der Waals surface area contributed by atoms with Crippen molar-refractivity contribution >= 4 is 17.5 Å². The Morgan fingerprint density at radius 3 is 2.81 bits per heavy atom. The first-order valence-corrected chi connectivity index (χ1v) is 4.59. The molecule has 1 aromatic heterocycles. The number of carboxylic acid groups (broad SMARTS) is 1. The predicted molar refractivity (Wildman–Crippen MR) is 55.4 cm³/mol. The minimum absolute atomic E-state index is 0.174. The third-order valence-electron chi connectivity index (χ3n) is 2.02. The van der Waals surface area contributed by atoms with E-state index in [2.05, 4.69) is 10.2 Å². The topological polar surface area (TPSA) is 112 Å². The lowest BCUT2D eigenvalue weighted by molar-refractivity contribution is -0.388. The first kappa shape index (κ1) is 12.0. The number of nitrogens with zero attached hydrogens (tertiary/aromatic N) is 3. The van der Waals surface area contributed by atoms with Crippen LogP contribution >= 0.6 is 0 Å². The lowest BCUT2D eigenvalue weighted by atomic mass is 10.3. The number of rotatable bonds is 5. The summed E-state index contributed by atoms with van der Waals surface area (Å²) < 4.78 is 0. The zero-order chi connectivity index (χ0) is 12.3. The summed E-state index contributed by atoms with van der Waals surface area (Å²) >= 11 is 0. The molecule has 1 aromatic rings. The van der Waals surface area contributed by atoms with Crippen molar-refractivity contribution in [2.24, 2.45) is 0 Å². The largest absolute Gasteiger partial charge is 0.480 e. The number of hydrogen-bond acceptors (Lipinski definition) is 5. The molecule has 16 heavy (non-hydrogen) atoms. The average Bonchev–Trinajstić information content (AvgIpc) is 2.61. The Labute approximate surface area is 91.0 Å². The van der Waals surface area contributed by atoms with Crippen molar-refractivity contribution in [1.29, 1.82) is 0 Å². The van der Waals surface area contributed by atoms with Gasteiger partial charge in [0.2, 0.25) is 0 Å². The second kappa shape index (κ2) is 4.60. The van der Waals surface area contributed by atoms with E-state index in [1.807, 2.05) is 0 Å². The van der Waals surface area contributed by atoms with Crippen molar-refractivity contribution in [3.63, 3.8) is 0 Å². The molecule has 0 amide bonds. The molecule has 2 N–H and O–H groups in total. The molecule has 0 saturated heterocycles. The SMILES string of the molecule is CC(C)N(CC(=O)O)c1cn[nH]c1[N+](=O)[O-]. The van der Waals surface area contributed by atoms with Crippen molar-refractivity contribution in [2.45, 2.75) is 19.9 Å². The van der Waals surface area contributed by atoms with Crippen LogP contribution in [-0.4, -0.2) is 38.8 Å². The second-order valence-corrected chi connectivity index (χ2v) is 3.48. The molecule has 0 aliphatic carbocycles. The molecule has 8 heteroatoms. The standard InChI is InChI=1S/C8H12N4O4/c1-5(2)11(4-7(13)14)6-3-9-10-8(6)12(15)16/h3,5H,4H2,1-2H3,(H,9,10)(H,13,14).